The number of thiophene rings is 1. The summed E-state index contributed by atoms with van der Waals surface area (Å²) in [6.45, 7) is 0. The number of hydrogen-bond donors (Lipinski definition) is 0. The lowest BCUT2D eigenvalue weighted by atomic mass is 10.1. The van der Waals surface area contributed by atoms with E-state index in [0.717, 1.165) is 24.7 Å². The molecule has 3 rings (SSSR count). The molecular weight excluding hydrogens is 448 g/mol. The minimum atomic E-state index is -5.22. The maximum absolute atomic E-state index is 13.0. The van der Waals surface area contributed by atoms with E-state index >= 15 is 0 Å². The number of hydrogen-bond acceptors (Lipinski definition) is 5. The zero-order valence-corrected chi connectivity index (χ0v) is 15.7. The van der Waals surface area contributed by atoms with Gasteiger partial charge in [-0.3, -0.25) is 4.79 Å². The van der Waals surface area contributed by atoms with Crippen LogP contribution in [-0.2, 0) is 22.4 Å². The molecule has 0 atom stereocenters. The molecule has 29 heavy (non-hydrogen) atoms. The number of nitrogens with zero attached hydrogens (tertiary/aromatic N) is 3. The van der Waals surface area contributed by atoms with E-state index in [1.807, 2.05) is 0 Å². The van der Waals surface area contributed by atoms with Crippen molar-refractivity contribution >= 4 is 31.6 Å². The first-order valence-electron chi connectivity index (χ1n) is 7.46. The van der Waals surface area contributed by atoms with Crippen LogP contribution in [0.1, 0.15) is 11.1 Å². The Bertz CT molecular complexity index is 1210. The van der Waals surface area contributed by atoms with Gasteiger partial charge in [-0.05, 0) is 29.6 Å². The van der Waals surface area contributed by atoms with Crippen molar-refractivity contribution < 1.29 is 34.8 Å². The van der Waals surface area contributed by atoms with Crippen LogP contribution in [0.2, 0.25) is 0 Å². The van der Waals surface area contributed by atoms with E-state index in [-0.39, 0.29) is 32.8 Å². The molecule has 0 saturated heterocycles. The Morgan fingerprint density at radius 3 is 2.10 bits per heavy atom. The first-order valence-corrected chi connectivity index (χ1v) is 9.78. The Morgan fingerprint density at radius 1 is 1.03 bits per heavy atom. The highest BCUT2D eigenvalue weighted by atomic mass is 32.2. The van der Waals surface area contributed by atoms with Crippen LogP contribution in [0.15, 0.2) is 45.7 Å². The molecule has 0 aliphatic carbocycles. The molecule has 0 amide bonds. The van der Waals surface area contributed by atoms with Crippen LogP contribution in [-0.4, -0.2) is 25.1 Å². The molecule has 0 N–H and O–H groups in total. The average molecular weight is 457 g/mol. The Labute approximate surface area is 162 Å². The van der Waals surface area contributed by atoms with Crippen LogP contribution in [0.25, 0.3) is 10.2 Å². The van der Waals surface area contributed by atoms with E-state index in [1.54, 1.807) is 0 Å². The molecule has 0 bridgehead atoms. The highest BCUT2D eigenvalue weighted by molar-refractivity contribution is 7.92. The Balaban J connectivity index is 2.20. The number of alkyl halides is 6. The quantitative estimate of drug-likeness (QED) is 0.565. The van der Waals surface area contributed by atoms with Gasteiger partial charge >= 0.3 is 12.4 Å². The minimum absolute atomic E-state index is 0.0644. The third-order valence-electron chi connectivity index (χ3n) is 3.86. The molecule has 0 saturated carbocycles. The number of fused-ring (bicyclic) bond motifs is 1. The largest absolute Gasteiger partial charge is 0.416 e. The highest BCUT2D eigenvalue weighted by Gasteiger charge is 2.39. The van der Waals surface area contributed by atoms with Crippen LogP contribution >= 0.6 is 11.3 Å². The topological polar surface area (TPSA) is 72.3 Å². The van der Waals surface area contributed by atoms with Crippen molar-refractivity contribution in [1.82, 2.24) is 9.66 Å². The lowest BCUT2D eigenvalue weighted by molar-refractivity contribution is -0.143. The van der Waals surface area contributed by atoms with Crippen LogP contribution in [0.4, 0.5) is 26.3 Å². The SMILES string of the molecule is CN(n1cnc2ccsc2c1=O)S(=O)(=O)c1cc(C(F)(F)F)cc(C(F)(F)F)c1. The summed E-state index contributed by atoms with van der Waals surface area (Å²) in [5.41, 5.74) is -4.17. The lowest BCUT2D eigenvalue weighted by Crippen LogP contribution is -2.43. The Kier molecular flexibility index (Phi) is 4.89. The molecule has 156 valence electrons. The maximum Gasteiger partial charge on any atom is 0.416 e. The third-order valence-corrected chi connectivity index (χ3v) is 6.46. The van der Waals surface area contributed by atoms with Gasteiger partial charge < -0.3 is 0 Å². The summed E-state index contributed by atoms with van der Waals surface area (Å²) in [6.07, 6.45) is -9.63. The van der Waals surface area contributed by atoms with E-state index in [0.29, 0.717) is 4.68 Å². The van der Waals surface area contributed by atoms with Crippen LogP contribution in [0, 0.1) is 0 Å². The summed E-state index contributed by atoms with van der Waals surface area (Å²) in [4.78, 5) is 15.0. The van der Waals surface area contributed by atoms with Crippen molar-refractivity contribution in [3.05, 3.63) is 57.5 Å². The van der Waals surface area contributed by atoms with E-state index < -0.39 is 44.0 Å². The van der Waals surface area contributed by atoms with Gasteiger partial charge in [-0.2, -0.15) is 39.4 Å². The monoisotopic (exact) mass is 457 g/mol. The molecule has 0 fully saturated rings. The first kappa shape index (κ1) is 21.1. The van der Waals surface area contributed by atoms with Gasteiger partial charge in [-0.25, -0.2) is 9.40 Å². The summed E-state index contributed by atoms with van der Waals surface area (Å²) in [7, 11) is -4.16. The lowest BCUT2D eigenvalue weighted by Gasteiger charge is -2.22. The second kappa shape index (κ2) is 6.73. The third kappa shape index (κ3) is 3.81. The summed E-state index contributed by atoms with van der Waals surface area (Å²) in [5.74, 6) is 0. The van der Waals surface area contributed by atoms with E-state index in [4.69, 9.17) is 0 Å². The standard InChI is InChI=1S/C15H9F6N3O3S2/c1-23(24-7-22-11-2-3-28-12(11)13(24)25)29(26,27)10-5-8(14(16,17)18)4-9(6-10)15(19,20)21/h2-7H,1H3. The molecule has 3 aromatic rings. The maximum atomic E-state index is 13.0. The molecule has 0 spiro atoms. The van der Waals surface area contributed by atoms with Crippen molar-refractivity contribution in [2.75, 3.05) is 11.5 Å². The predicted octanol–water partition coefficient (Wildman–Crippen LogP) is 3.45. The minimum Gasteiger partial charge on any atom is -0.266 e. The summed E-state index contributed by atoms with van der Waals surface area (Å²) < 4.78 is 104. The zero-order valence-electron chi connectivity index (χ0n) is 14.1. The van der Waals surface area contributed by atoms with Gasteiger partial charge in [0.25, 0.3) is 15.6 Å². The van der Waals surface area contributed by atoms with Gasteiger partial charge in [0.2, 0.25) is 0 Å². The molecule has 14 heteroatoms. The van der Waals surface area contributed by atoms with Crippen molar-refractivity contribution in [2.45, 2.75) is 17.2 Å². The summed E-state index contributed by atoms with van der Waals surface area (Å²) in [5, 5.41) is 1.51. The molecule has 0 aliphatic rings. The molecule has 0 aliphatic heterocycles. The number of rotatable bonds is 3. The molecule has 6 nitrogen and oxygen atoms in total. The zero-order chi connectivity index (χ0) is 21.8. The fraction of sp³-hybridized carbons (Fsp3) is 0.200. The van der Waals surface area contributed by atoms with Gasteiger partial charge in [0, 0.05) is 7.05 Å². The smallest absolute Gasteiger partial charge is 0.266 e. The van der Waals surface area contributed by atoms with E-state index in [2.05, 4.69) is 4.98 Å². The Morgan fingerprint density at radius 2 is 1.59 bits per heavy atom. The number of benzene rings is 1. The van der Waals surface area contributed by atoms with Gasteiger partial charge in [-0.15, -0.1) is 11.3 Å². The van der Waals surface area contributed by atoms with Crippen molar-refractivity contribution in [3.8, 4) is 0 Å². The van der Waals surface area contributed by atoms with Crippen molar-refractivity contribution in [2.24, 2.45) is 0 Å². The molecule has 0 unspecified atom stereocenters. The molecule has 2 aromatic heterocycles. The first-order chi connectivity index (χ1) is 13.2. The second-order valence-electron chi connectivity index (χ2n) is 5.71. The van der Waals surface area contributed by atoms with Crippen LogP contribution in [0.3, 0.4) is 0 Å². The summed E-state index contributed by atoms with van der Waals surface area (Å²) >= 11 is 0.949. The van der Waals surface area contributed by atoms with Gasteiger partial charge in [-0.1, -0.05) is 0 Å². The number of aromatic nitrogens is 2. The molecule has 0 radical (unpaired) electrons. The average Bonchev–Trinajstić information content (AvgIpc) is 3.09. The number of sulfonamides is 1. The van der Waals surface area contributed by atoms with Gasteiger partial charge in [0.05, 0.1) is 21.5 Å². The van der Waals surface area contributed by atoms with Crippen molar-refractivity contribution in [3.63, 3.8) is 0 Å². The van der Waals surface area contributed by atoms with Gasteiger partial charge in [0.15, 0.2) is 0 Å². The number of halogens is 6. The van der Waals surface area contributed by atoms with Crippen LogP contribution < -0.4 is 9.97 Å². The molecular formula is C15H9F6N3O3S2. The van der Waals surface area contributed by atoms with Crippen LogP contribution in [0.5, 0.6) is 0 Å². The van der Waals surface area contributed by atoms with E-state index in [1.165, 1.54) is 11.4 Å². The normalized spacial score (nSPS) is 13.1. The second-order valence-corrected chi connectivity index (χ2v) is 8.58. The van der Waals surface area contributed by atoms with Crippen molar-refractivity contribution in [1.29, 1.82) is 0 Å². The fourth-order valence-electron chi connectivity index (χ4n) is 2.38. The molecule has 2 heterocycles. The Hall–Kier alpha value is -2.61. The predicted molar refractivity (Wildman–Crippen MR) is 91.7 cm³/mol. The fourth-order valence-corrected chi connectivity index (χ4v) is 4.36. The van der Waals surface area contributed by atoms with E-state index in [9.17, 15) is 39.6 Å². The van der Waals surface area contributed by atoms with Gasteiger partial charge in [0.1, 0.15) is 11.0 Å². The highest BCUT2D eigenvalue weighted by Crippen LogP contribution is 2.37. The summed E-state index contributed by atoms with van der Waals surface area (Å²) in [6, 6.07) is 1.44. The molecule has 1 aromatic carbocycles.